The molecule has 0 atom stereocenters. The van der Waals surface area contributed by atoms with Crippen LogP contribution < -0.4 is 11.1 Å². The quantitative estimate of drug-likeness (QED) is 0.575. The van der Waals surface area contributed by atoms with Crippen LogP contribution in [0.3, 0.4) is 0 Å². The first-order valence-corrected chi connectivity index (χ1v) is 7.18. The summed E-state index contributed by atoms with van der Waals surface area (Å²) in [5, 5.41) is 3.21. The number of nitrogens with two attached hydrogens (primary N) is 1. The second-order valence-corrected chi connectivity index (χ2v) is 5.87. The van der Waals surface area contributed by atoms with Gasteiger partial charge in [0.05, 0.1) is 21.4 Å². The lowest BCUT2D eigenvalue weighted by Gasteiger charge is -2.09. The maximum atomic E-state index is 12.1. The highest BCUT2D eigenvalue weighted by molar-refractivity contribution is 9.10. The van der Waals surface area contributed by atoms with E-state index < -0.39 is 5.91 Å². The summed E-state index contributed by atoms with van der Waals surface area (Å²) in [6.45, 7) is 0. The summed E-state index contributed by atoms with van der Waals surface area (Å²) in [6, 6.07) is 4.49. The maximum Gasteiger partial charge on any atom is 0.255 e. The molecular formula is C12H7BrCl3N3O. The Balaban J connectivity index is 2.31. The third kappa shape index (κ3) is 3.35. The van der Waals surface area contributed by atoms with Crippen LogP contribution in [0.2, 0.25) is 15.2 Å². The molecule has 2 rings (SSSR count). The fourth-order valence-electron chi connectivity index (χ4n) is 1.45. The number of benzene rings is 1. The number of hydrogen-bond donors (Lipinski definition) is 2. The molecule has 0 aliphatic rings. The van der Waals surface area contributed by atoms with Crippen LogP contribution in [0.4, 0.5) is 11.4 Å². The highest BCUT2D eigenvalue weighted by Gasteiger charge is 2.13. The molecule has 0 aliphatic carbocycles. The van der Waals surface area contributed by atoms with Gasteiger partial charge < -0.3 is 11.1 Å². The molecule has 0 fully saturated rings. The van der Waals surface area contributed by atoms with Gasteiger partial charge in [0.1, 0.15) is 0 Å². The van der Waals surface area contributed by atoms with Crippen LogP contribution in [0.1, 0.15) is 10.4 Å². The standard InChI is InChI=1S/C12H7BrCl3N3O/c13-6-3-9(11(16)18-4-6)19-12(20)5-1-7(14)10(15)8(17)2-5/h1-4H,17H2,(H,19,20). The van der Waals surface area contributed by atoms with Crippen LogP contribution in [-0.4, -0.2) is 10.9 Å². The van der Waals surface area contributed by atoms with Gasteiger partial charge in [0.25, 0.3) is 5.91 Å². The third-order valence-corrected chi connectivity index (χ3v) is 3.92. The van der Waals surface area contributed by atoms with Crippen molar-refractivity contribution in [1.29, 1.82) is 0 Å². The van der Waals surface area contributed by atoms with E-state index in [1.807, 2.05) is 0 Å². The average Bonchev–Trinajstić information content (AvgIpc) is 2.39. The van der Waals surface area contributed by atoms with Gasteiger partial charge in [-0.15, -0.1) is 0 Å². The van der Waals surface area contributed by atoms with Gasteiger partial charge in [0.2, 0.25) is 0 Å². The first-order valence-electron chi connectivity index (χ1n) is 5.25. The van der Waals surface area contributed by atoms with E-state index in [0.717, 1.165) is 0 Å². The molecule has 0 radical (unpaired) electrons. The fourth-order valence-corrected chi connectivity index (χ4v) is 2.26. The molecule has 0 aliphatic heterocycles. The van der Waals surface area contributed by atoms with E-state index in [1.54, 1.807) is 6.07 Å². The molecule has 0 saturated heterocycles. The highest BCUT2D eigenvalue weighted by atomic mass is 79.9. The number of amides is 1. The minimum absolute atomic E-state index is 0.176. The van der Waals surface area contributed by atoms with Crippen molar-refractivity contribution in [2.75, 3.05) is 11.1 Å². The van der Waals surface area contributed by atoms with Gasteiger partial charge in [-0.2, -0.15) is 0 Å². The number of aromatic nitrogens is 1. The topological polar surface area (TPSA) is 68.0 Å². The van der Waals surface area contributed by atoms with Crippen molar-refractivity contribution >= 4 is 68.0 Å². The minimum Gasteiger partial charge on any atom is -0.397 e. The predicted molar refractivity (Wildman–Crippen MR) is 85.8 cm³/mol. The van der Waals surface area contributed by atoms with Crippen molar-refractivity contribution in [3.05, 3.63) is 49.6 Å². The number of nitrogen functional groups attached to an aromatic ring is 1. The Morgan fingerprint density at radius 1 is 1.25 bits per heavy atom. The summed E-state index contributed by atoms with van der Waals surface area (Å²) >= 11 is 20.9. The highest BCUT2D eigenvalue weighted by Crippen LogP contribution is 2.30. The van der Waals surface area contributed by atoms with Gasteiger partial charge in [-0.05, 0) is 34.1 Å². The molecule has 3 N–H and O–H groups in total. The number of carbonyl (C=O) groups is 1. The molecule has 1 aromatic carbocycles. The van der Waals surface area contributed by atoms with Crippen LogP contribution in [-0.2, 0) is 0 Å². The van der Waals surface area contributed by atoms with Crippen molar-refractivity contribution in [3.63, 3.8) is 0 Å². The summed E-state index contributed by atoms with van der Waals surface area (Å²) < 4.78 is 0.686. The van der Waals surface area contributed by atoms with Crippen molar-refractivity contribution in [3.8, 4) is 0 Å². The van der Waals surface area contributed by atoms with Crippen molar-refractivity contribution in [1.82, 2.24) is 4.98 Å². The number of pyridine rings is 1. The third-order valence-electron chi connectivity index (χ3n) is 2.37. The number of hydrogen-bond acceptors (Lipinski definition) is 3. The van der Waals surface area contributed by atoms with Crippen LogP contribution >= 0.6 is 50.7 Å². The van der Waals surface area contributed by atoms with Gasteiger partial charge in [-0.3, -0.25) is 4.79 Å². The number of halogens is 4. The summed E-state index contributed by atoms with van der Waals surface area (Å²) in [6.07, 6.45) is 1.52. The second kappa shape index (κ2) is 6.18. The first kappa shape index (κ1) is 15.4. The molecule has 20 heavy (non-hydrogen) atoms. The molecule has 1 heterocycles. The van der Waals surface area contributed by atoms with Crippen LogP contribution in [0.15, 0.2) is 28.9 Å². The zero-order valence-corrected chi connectivity index (χ0v) is 13.6. The van der Waals surface area contributed by atoms with E-state index in [2.05, 4.69) is 26.2 Å². The van der Waals surface area contributed by atoms with Crippen LogP contribution in [0.5, 0.6) is 0 Å². The van der Waals surface area contributed by atoms with Crippen molar-refractivity contribution < 1.29 is 4.79 Å². The monoisotopic (exact) mass is 393 g/mol. The predicted octanol–water partition coefficient (Wildman–Crippen LogP) is 4.64. The smallest absolute Gasteiger partial charge is 0.255 e. The Morgan fingerprint density at radius 3 is 2.60 bits per heavy atom. The van der Waals surface area contributed by atoms with Gasteiger partial charge in [0.15, 0.2) is 5.15 Å². The Labute approximate surface area is 138 Å². The van der Waals surface area contributed by atoms with E-state index in [0.29, 0.717) is 10.2 Å². The van der Waals surface area contributed by atoms with E-state index in [-0.39, 0.29) is 26.4 Å². The summed E-state index contributed by atoms with van der Waals surface area (Å²) in [5.74, 6) is -0.419. The fraction of sp³-hybridized carbons (Fsp3) is 0. The largest absolute Gasteiger partial charge is 0.397 e. The average molecular weight is 395 g/mol. The maximum absolute atomic E-state index is 12.1. The number of anilines is 2. The van der Waals surface area contributed by atoms with Crippen molar-refractivity contribution in [2.24, 2.45) is 0 Å². The molecule has 0 bridgehead atoms. The second-order valence-electron chi connectivity index (χ2n) is 3.81. The summed E-state index contributed by atoms with van der Waals surface area (Å²) in [4.78, 5) is 16.0. The summed E-state index contributed by atoms with van der Waals surface area (Å²) in [5.41, 5.74) is 6.53. The van der Waals surface area contributed by atoms with Crippen LogP contribution in [0.25, 0.3) is 0 Å². The molecule has 0 spiro atoms. The lowest BCUT2D eigenvalue weighted by Crippen LogP contribution is -2.13. The Bertz CT molecular complexity index is 671. The SMILES string of the molecule is Nc1cc(C(=O)Nc2cc(Br)cnc2Cl)cc(Cl)c1Cl. The molecule has 1 aromatic heterocycles. The normalized spacial score (nSPS) is 10.4. The number of carbonyl (C=O) groups excluding carboxylic acids is 1. The van der Waals surface area contributed by atoms with E-state index in [1.165, 1.54) is 18.3 Å². The Hall–Kier alpha value is -1.01. The van der Waals surface area contributed by atoms with Gasteiger partial charge in [0, 0.05) is 16.2 Å². The van der Waals surface area contributed by atoms with Gasteiger partial charge in [-0.25, -0.2) is 4.98 Å². The van der Waals surface area contributed by atoms with Crippen LogP contribution in [0, 0.1) is 0 Å². The molecule has 1 amide bonds. The molecule has 4 nitrogen and oxygen atoms in total. The lowest BCUT2D eigenvalue weighted by molar-refractivity contribution is 0.102. The van der Waals surface area contributed by atoms with E-state index in [4.69, 9.17) is 40.5 Å². The number of rotatable bonds is 2. The molecule has 0 unspecified atom stereocenters. The zero-order chi connectivity index (χ0) is 14.9. The van der Waals surface area contributed by atoms with E-state index in [9.17, 15) is 4.79 Å². The minimum atomic E-state index is -0.419. The molecule has 8 heteroatoms. The lowest BCUT2D eigenvalue weighted by atomic mass is 10.2. The Morgan fingerprint density at radius 2 is 1.95 bits per heavy atom. The molecule has 2 aromatic rings. The van der Waals surface area contributed by atoms with Gasteiger partial charge in [-0.1, -0.05) is 34.8 Å². The Kier molecular flexibility index (Phi) is 4.75. The summed E-state index contributed by atoms with van der Waals surface area (Å²) in [7, 11) is 0. The van der Waals surface area contributed by atoms with E-state index >= 15 is 0 Å². The molecule has 104 valence electrons. The number of nitrogens with zero attached hydrogens (tertiary/aromatic N) is 1. The molecular weight excluding hydrogens is 388 g/mol. The first-order chi connectivity index (χ1) is 9.38. The molecule has 0 saturated carbocycles. The number of nitrogens with one attached hydrogen (secondary N) is 1. The zero-order valence-electron chi connectivity index (χ0n) is 9.75. The van der Waals surface area contributed by atoms with Crippen molar-refractivity contribution in [2.45, 2.75) is 0 Å². The van der Waals surface area contributed by atoms with Gasteiger partial charge >= 0.3 is 0 Å².